The van der Waals surface area contributed by atoms with Gasteiger partial charge >= 0.3 is 0 Å². The molecule has 0 aliphatic carbocycles. The van der Waals surface area contributed by atoms with E-state index in [0.717, 1.165) is 11.3 Å². The summed E-state index contributed by atoms with van der Waals surface area (Å²) >= 11 is 6.17. The number of nitrogens with one attached hydrogen (secondary N) is 1. The molecule has 0 saturated heterocycles. The number of aromatic nitrogens is 4. The SMILES string of the molecule is C[C@H](C(=O)Nc1ccc(-c2c(Cl)cnn2C)cc1)n1cnc2cc(F)ccc2c1=O. The second-order valence-electron chi connectivity index (χ2n) is 6.83. The first-order valence-corrected chi connectivity index (χ1v) is 9.48. The van der Waals surface area contributed by atoms with E-state index >= 15 is 0 Å². The lowest BCUT2D eigenvalue weighted by Gasteiger charge is -2.15. The smallest absolute Gasteiger partial charge is 0.261 e. The Balaban J connectivity index is 1.55. The third kappa shape index (κ3) is 3.57. The molecule has 0 bridgehead atoms. The van der Waals surface area contributed by atoms with Crippen molar-refractivity contribution in [3.8, 4) is 11.3 Å². The number of hydrogen-bond acceptors (Lipinski definition) is 4. The van der Waals surface area contributed by atoms with Gasteiger partial charge in [0, 0.05) is 24.4 Å². The molecule has 2 aromatic carbocycles. The van der Waals surface area contributed by atoms with E-state index in [1.54, 1.807) is 37.0 Å². The predicted molar refractivity (Wildman–Crippen MR) is 113 cm³/mol. The van der Waals surface area contributed by atoms with Gasteiger partial charge in [-0.3, -0.25) is 18.8 Å². The molecular weight excluding hydrogens is 409 g/mol. The number of nitrogens with zero attached hydrogens (tertiary/aromatic N) is 4. The van der Waals surface area contributed by atoms with E-state index in [1.807, 2.05) is 12.1 Å². The van der Waals surface area contributed by atoms with Crippen LogP contribution in [0.2, 0.25) is 5.02 Å². The van der Waals surface area contributed by atoms with Crippen LogP contribution in [0.5, 0.6) is 0 Å². The molecule has 30 heavy (non-hydrogen) atoms. The largest absolute Gasteiger partial charge is 0.324 e. The summed E-state index contributed by atoms with van der Waals surface area (Å²) in [6, 6.07) is 10.1. The minimum absolute atomic E-state index is 0.244. The summed E-state index contributed by atoms with van der Waals surface area (Å²) in [7, 11) is 1.79. The molecule has 4 rings (SSSR count). The van der Waals surface area contributed by atoms with Crippen LogP contribution in [0.25, 0.3) is 22.2 Å². The van der Waals surface area contributed by atoms with E-state index < -0.39 is 17.4 Å². The van der Waals surface area contributed by atoms with Crippen molar-refractivity contribution in [1.82, 2.24) is 19.3 Å². The number of rotatable bonds is 4. The number of anilines is 1. The number of halogens is 2. The van der Waals surface area contributed by atoms with Crippen molar-refractivity contribution in [2.24, 2.45) is 7.05 Å². The number of benzene rings is 2. The third-order valence-electron chi connectivity index (χ3n) is 4.86. The molecule has 0 saturated carbocycles. The highest BCUT2D eigenvalue weighted by Gasteiger charge is 2.18. The van der Waals surface area contributed by atoms with Crippen LogP contribution < -0.4 is 10.9 Å². The molecule has 2 heterocycles. The zero-order chi connectivity index (χ0) is 21.4. The number of carbonyl (C=O) groups is 1. The molecule has 7 nitrogen and oxygen atoms in total. The summed E-state index contributed by atoms with van der Waals surface area (Å²) < 4.78 is 16.2. The molecule has 1 amide bonds. The third-order valence-corrected chi connectivity index (χ3v) is 5.14. The Morgan fingerprint density at radius 3 is 2.60 bits per heavy atom. The average molecular weight is 426 g/mol. The fourth-order valence-electron chi connectivity index (χ4n) is 3.20. The van der Waals surface area contributed by atoms with Crippen molar-refractivity contribution >= 4 is 34.1 Å². The average Bonchev–Trinajstić information content (AvgIpc) is 3.06. The van der Waals surface area contributed by atoms with Gasteiger partial charge in [0.15, 0.2) is 0 Å². The van der Waals surface area contributed by atoms with Crippen LogP contribution in [0.3, 0.4) is 0 Å². The Bertz CT molecular complexity index is 1290. The van der Waals surface area contributed by atoms with Crippen LogP contribution in [0.1, 0.15) is 13.0 Å². The van der Waals surface area contributed by atoms with Gasteiger partial charge in [0.2, 0.25) is 5.91 Å². The summed E-state index contributed by atoms with van der Waals surface area (Å²) in [5, 5.41) is 7.67. The number of fused-ring (bicyclic) bond motifs is 1. The van der Waals surface area contributed by atoms with Gasteiger partial charge in [-0.2, -0.15) is 5.10 Å². The highest BCUT2D eigenvalue weighted by molar-refractivity contribution is 6.33. The fourth-order valence-corrected chi connectivity index (χ4v) is 3.48. The molecule has 0 spiro atoms. The van der Waals surface area contributed by atoms with Crippen LogP contribution in [0.15, 0.2) is 59.8 Å². The van der Waals surface area contributed by atoms with E-state index in [1.165, 1.54) is 29.1 Å². The van der Waals surface area contributed by atoms with Gasteiger partial charge in [0.25, 0.3) is 5.56 Å². The Hall–Kier alpha value is -3.52. The van der Waals surface area contributed by atoms with Crippen molar-refractivity contribution in [2.45, 2.75) is 13.0 Å². The molecule has 0 fully saturated rings. The van der Waals surface area contributed by atoms with E-state index in [2.05, 4.69) is 15.4 Å². The van der Waals surface area contributed by atoms with Gasteiger partial charge in [-0.05, 0) is 31.2 Å². The Kier molecular flexibility index (Phi) is 5.09. The minimum Gasteiger partial charge on any atom is -0.324 e. The van der Waals surface area contributed by atoms with Gasteiger partial charge in [-0.15, -0.1) is 0 Å². The quantitative estimate of drug-likeness (QED) is 0.539. The molecule has 4 aromatic rings. The van der Waals surface area contributed by atoms with Crippen LogP contribution in [-0.2, 0) is 11.8 Å². The second kappa shape index (κ2) is 7.72. The van der Waals surface area contributed by atoms with Crippen LogP contribution in [-0.4, -0.2) is 25.2 Å². The summed E-state index contributed by atoms with van der Waals surface area (Å²) in [6.07, 6.45) is 2.82. The standard InChI is InChI=1S/C21H17ClFN5O2/c1-12(28-11-24-18-9-14(23)5-8-16(18)21(28)30)20(29)26-15-6-3-13(4-7-15)19-17(22)10-25-27(19)2/h3-12H,1-2H3,(H,26,29)/t12-/m1/s1. The molecule has 0 aliphatic rings. The lowest BCUT2D eigenvalue weighted by atomic mass is 10.1. The van der Waals surface area contributed by atoms with E-state index in [0.29, 0.717) is 10.7 Å². The Morgan fingerprint density at radius 2 is 1.93 bits per heavy atom. The zero-order valence-electron chi connectivity index (χ0n) is 16.1. The first-order valence-electron chi connectivity index (χ1n) is 9.10. The maximum Gasteiger partial charge on any atom is 0.261 e. The minimum atomic E-state index is -0.814. The number of amides is 1. The molecular formula is C21H17ClFN5O2. The van der Waals surface area contributed by atoms with Gasteiger partial charge in [-0.25, -0.2) is 9.37 Å². The second-order valence-corrected chi connectivity index (χ2v) is 7.23. The molecule has 1 atom stereocenters. The van der Waals surface area contributed by atoms with E-state index in [9.17, 15) is 14.0 Å². The van der Waals surface area contributed by atoms with Gasteiger partial charge < -0.3 is 5.32 Å². The number of hydrogen-bond donors (Lipinski definition) is 1. The van der Waals surface area contributed by atoms with Crippen molar-refractivity contribution in [2.75, 3.05) is 5.32 Å². The van der Waals surface area contributed by atoms with Crippen molar-refractivity contribution < 1.29 is 9.18 Å². The molecule has 2 aromatic heterocycles. The van der Waals surface area contributed by atoms with Gasteiger partial charge in [-0.1, -0.05) is 23.7 Å². The number of carbonyl (C=O) groups excluding carboxylic acids is 1. The summed E-state index contributed by atoms with van der Waals surface area (Å²) in [5.74, 6) is -0.861. The zero-order valence-corrected chi connectivity index (χ0v) is 16.9. The van der Waals surface area contributed by atoms with Crippen LogP contribution >= 0.6 is 11.6 Å². The van der Waals surface area contributed by atoms with Gasteiger partial charge in [0.1, 0.15) is 11.9 Å². The summed E-state index contributed by atoms with van der Waals surface area (Å²) in [5.41, 5.74) is 2.02. The molecule has 1 N–H and O–H groups in total. The maximum absolute atomic E-state index is 13.3. The topological polar surface area (TPSA) is 81.8 Å². The Morgan fingerprint density at radius 1 is 1.20 bits per heavy atom. The molecule has 0 radical (unpaired) electrons. The van der Waals surface area contributed by atoms with Gasteiger partial charge in [0.05, 0.1) is 34.1 Å². The van der Waals surface area contributed by atoms with E-state index in [-0.39, 0.29) is 16.8 Å². The first-order chi connectivity index (χ1) is 14.3. The highest BCUT2D eigenvalue weighted by atomic mass is 35.5. The molecule has 152 valence electrons. The van der Waals surface area contributed by atoms with Crippen molar-refractivity contribution in [3.05, 3.63) is 76.2 Å². The molecule has 0 aliphatic heterocycles. The molecule has 9 heteroatoms. The van der Waals surface area contributed by atoms with Crippen LogP contribution in [0.4, 0.5) is 10.1 Å². The lowest BCUT2D eigenvalue weighted by molar-refractivity contribution is -0.118. The molecule has 0 unspecified atom stereocenters. The highest BCUT2D eigenvalue weighted by Crippen LogP contribution is 2.28. The normalized spacial score (nSPS) is 12.1. The van der Waals surface area contributed by atoms with Crippen LogP contribution in [0, 0.1) is 5.82 Å². The van der Waals surface area contributed by atoms with Crippen molar-refractivity contribution in [1.29, 1.82) is 0 Å². The predicted octanol–water partition coefficient (Wildman–Crippen LogP) is 3.79. The number of aryl methyl sites for hydroxylation is 1. The van der Waals surface area contributed by atoms with E-state index in [4.69, 9.17) is 11.6 Å². The Labute approximate surface area is 175 Å². The fraction of sp³-hybridized carbons (Fsp3) is 0.143. The first kappa shape index (κ1) is 19.8. The monoisotopic (exact) mass is 425 g/mol. The summed E-state index contributed by atoms with van der Waals surface area (Å²) in [6.45, 7) is 1.59. The maximum atomic E-state index is 13.3. The van der Waals surface area contributed by atoms with Crippen molar-refractivity contribution in [3.63, 3.8) is 0 Å². The lowest BCUT2D eigenvalue weighted by Crippen LogP contribution is -2.31. The summed E-state index contributed by atoms with van der Waals surface area (Å²) in [4.78, 5) is 29.5.